The number of methoxy groups -OCH3 is 1. The van der Waals surface area contributed by atoms with E-state index in [1.54, 1.807) is 18.4 Å². The predicted octanol–water partition coefficient (Wildman–Crippen LogP) is 3.18. The fourth-order valence-electron chi connectivity index (χ4n) is 2.18. The number of rotatable bonds is 8. The highest BCUT2D eigenvalue weighted by Gasteiger charge is 2.19. The van der Waals surface area contributed by atoms with Crippen LogP contribution in [-0.2, 0) is 4.74 Å². The molecule has 0 radical (unpaired) electrons. The van der Waals surface area contributed by atoms with Crippen molar-refractivity contribution in [2.75, 3.05) is 26.9 Å². The molecule has 4 nitrogen and oxygen atoms in total. The highest BCUT2D eigenvalue weighted by molar-refractivity contribution is 7.09. The first-order valence-corrected chi connectivity index (χ1v) is 8.00. The summed E-state index contributed by atoms with van der Waals surface area (Å²) < 4.78 is 10.9. The maximum absolute atomic E-state index is 5.84. The Hall–Kier alpha value is -1.43. The minimum Gasteiger partial charge on any atom is -0.491 e. The van der Waals surface area contributed by atoms with Gasteiger partial charge in [-0.25, -0.2) is 4.98 Å². The molecule has 0 aliphatic rings. The lowest BCUT2D eigenvalue weighted by molar-refractivity contribution is 0.145. The monoisotopic (exact) mass is 306 g/mol. The average Bonchev–Trinajstić information content (AvgIpc) is 2.92. The number of benzene rings is 1. The van der Waals surface area contributed by atoms with Crippen molar-refractivity contribution in [3.05, 3.63) is 45.9 Å². The van der Waals surface area contributed by atoms with Gasteiger partial charge >= 0.3 is 0 Å². The standard InChI is InChI=1S/C16H22N2O2S/c1-4-17-16(14-11-21-12(2)18-14)13-7-5-6-8-15(13)20-10-9-19-3/h5-8,11,16-17H,4,9-10H2,1-3H3. The molecule has 0 aliphatic heterocycles. The second-order valence-electron chi connectivity index (χ2n) is 4.66. The molecule has 0 spiro atoms. The van der Waals surface area contributed by atoms with Crippen LogP contribution >= 0.6 is 11.3 Å². The molecule has 0 saturated heterocycles. The molecule has 21 heavy (non-hydrogen) atoms. The van der Waals surface area contributed by atoms with Gasteiger partial charge in [0, 0.05) is 18.1 Å². The third-order valence-corrected chi connectivity index (χ3v) is 3.91. The van der Waals surface area contributed by atoms with E-state index < -0.39 is 0 Å². The lowest BCUT2D eigenvalue weighted by atomic mass is 10.0. The maximum Gasteiger partial charge on any atom is 0.124 e. The minimum atomic E-state index is 0.0543. The van der Waals surface area contributed by atoms with E-state index in [1.165, 1.54) is 0 Å². The summed E-state index contributed by atoms with van der Waals surface area (Å²) in [5.41, 5.74) is 2.16. The number of para-hydroxylation sites is 1. The van der Waals surface area contributed by atoms with Crippen molar-refractivity contribution in [1.29, 1.82) is 0 Å². The molecular formula is C16H22N2O2S. The summed E-state index contributed by atoms with van der Waals surface area (Å²) >= 11 is 1.67. The van der Waals surface area contributed by atoms with Gasteiger partial charge in [0.2, 0.25) is 0 Å². The lowest BCUT2D eigenvalue weighted by Crippen LogP contribution is -2.23. The molecule has 1 unspecified atom stereocenters. The summed E-state index contributed by atoms with van der Waals surface area (Å²) in [6.45, 7) is 6.12. The molecule has 5 heteroatoms. The molecule has 1 heterocycles. The van der Waals surface area contributed by atoms with Crippen molar-refractivity contribution in [2.45, 2.75) is 19.9 Å². The van der Waals surface area contributed by atoms with Crippen molar-refractivity contribution in [2.24, 2.45) is 0 Å². The molecule has 1 aromatic carbocycles. The van der Waals surface area contributed by atoms with Gasteiger partial charge in [0.05, 0.1) is 23.4 Å². The highest BCUT2D eigenvalue weighted by Crippen LogP contribution is 2.30. The van der Waals surface area contributed by atoms with Crippen LogP contribution in [0.2, 0.25) is 0 Å². The molecule has 2 rings (SSSR count). The Kier molecular flexibility index (Phi) is 6.17. The summed E-state index contributed by atoms with van der Waals surface area (Å²) in [5.74, 6) is 0.881. The molecule has 0 bridgehead atoms. The Labute approximate surface area is 130 Å². The van der Waals surface area contributed by atoms with Crippen LogP contribution in [-0.4, -0.2) is 31.9 Å². The summed E-state index contributed by atoms with van der Waals surface area (Å²) in [6, 6.07) is 8.15. The second kappa shape index (κ2) is 8.12. The Bertz CT molecular complexity index is 557. The number of aromatic nitrogens is 1. The molecule has 114 valence electrons. The molecular weight excluding hydrogens is 284 g/mol. The van der Waals surface area contributed by atoms with E-state index in [9.17, 15) is 0 Å². The van der Waals surface area contributed by atoms with E-state index in [4.69, 9.17) is 9.47 Å². The SMILES string of the molecule is CCNC(c1csc(C)n1)c1ccccc1OCCOC. The van der Waals surface area contributed by atoms with E-state index in [1.807, 2.05) is 25.1 Å². The van der Waals surface area contributed by atoms with Gasteiger partial charge in [0.1, 0.15) is 12.4 Å². The summed E-state index contributed by atoms with van der Waals surface area (Å²) in [5, 5.41) is 6.67. The number of nitrogens with one attached hydrogen (secondary N) is 1. The van der Waals surface area contributed by atoms with Crippen molar-refractivity contribution < 1.29 is 9.47 Å². The zero-order valence-corrected chi connectivity index (χ0v) is 13.6. The van der Waals surface area contributed by atoms with Crippen molar-refractivity contribution >= 4 is 11.3 Å². The van der Waals surface area contributed by atoms with E-state index >= 15 is 0 Å². The number of thiazole rings is 1. The number of ether oxygens (including phenoxy) is 2. The van der Waals surface area contributed by atoms with E-state index in [2.05, 4.69) is 28.7 Å². The molecule has 0 amide bonds. The molecule has 0 saturated carbocycles. The minimum absolute atomic E-state index is 0.0543. The third kappa shape index (κ3) is 4.27. The lowest BCUT2D eigenvalue weighted by Gasteiger charge is -2.20. The Morgan fingerprint density at radius 3 is 2.76 bits per heavy atom. The summed E-state index contributed by atoms with van der Waals surface area (Å²) in [4.78, 5) is 4.62. The maximum atomic E-state index is 5.84. The first-order valence-electron chi connectivity index (χ1n) is 7.12. The van der Waals surface area contributed by atoms with Crippen LogP contribution < -0.4 is 10.1 Å². The van der Waals surface area contributed by atoms with Gasteiger partial charge < -0.3 is 14.8 Å². The van der Waals surface area contributed by atoms with Crippen LogP contribution in [0.4, 0.5) is 0 Å². The van der Waals surface area contributed by atoms with Crippen LogP contribution in [0.15, 0.2) is 29.6 Å². The van der Waals surface area contributed by atoms with Crippen LogP contribution in [0.5, 0.6) is 5.75 Å². The number of nitrogens with zero attached hydrogens (tertiary/aromatic N) is 1. The summed E-state index contributed by atoms with van der Waals surface area (Å²) in [6.07, 6.45) is 0. The molecule has 0 fully saturated rings. The van der Waals surface area contributed by atoms with Crippen molar-refractivity contribution in [3.8, 4) is 5.75 Å². The number of hydrogen-bond acceptors (Lipinski definition) is 5. The van der Waals surface area contributed by atoms with Crippen molar-refractivity contribution in [3.63, 3.8) is 0 Å². The molecule has 1 atom stereocenters. The Morgan fingerprint density at radius 2 is 2.10 bits per heavy atom. The van der Waals surface area contributed by atoms with Gasteiger partial charge in [0.15, 0.2) is 0 Å². The topological polar surface area (TPSA) is 43.4 Å². The zero-order valence-electron chi connectivity index (χ0n) is 12.8. The Balaban J connectivity index is 2.27. The van der Waals surface area contributed by atoms with Gasteiger partial charge in [-0.3, -0.25) is 0 Å². The zero-order chi connectivity index (χ0) is 15.1. The first-order chi connectivity index (χ1) is 10.3. The second-order valence-corrected chi connectivity index (χ2v) is 5.72. The fourth-order valence-corrected chi connectivity index (χ4v) is 2.81. The van der Waals surface area contributed by atoms with E-state index in [0.717, 1.165) is 28.6 Å². The van der Waals surface area contributed by atoms with Crippen LogP contribution in [0.25, 0.3) is 0 Å². The van der Waals surface area contributed by atoms with Crippen molar-refractivity contribution in [1.82, 2.24) is 10.3 Å². The predicted molar refractivity (Wildman–Crippen MR) is 86.2 cm³/mol. The van der Waals surface area contributed by atoms with Gasteiger partial charge in [0.25, 0.3) is 0 Å². The first kappa shape index (κ1) is 15.9. The fraction of sp³-hybridized carbons (Fsp3) is 0.438. The molecule has 1 aromatic heterocycles. The van der Waals surface area contributed by atoms with Gasteiger partial charge in [-0.2, -0.15) is 0 Å². The average molecular weight is 306 g/mol. The smallest absolute Gasteiger partial charge is 0.124 e. The van der Waals surface area contributed by atoms with Gasteiger partial charge in [-0.1, -0.05) is 25.1 Å². The highest BCUT2D eigenvalue weighted by atomic mass is 32.1. The number of hydrogen-bond donors (Lipinski definition) is 1. The van der Waals surface area contributed by atoms with Crippen LogP contribution in [0.1, 0.15) is 29.2 Å². The van der Waals surface area contributed by atoms with E-state index in [-0.39, 0.29) is 6.04 Å². The molecule has 0 aliphatic carbocycles. The number of aryl methyl sites for hydroxylation is 1. The largest absolute Gasteiger partial charge is 0.491 e. The van der Waals surface area contributed by atoms with Crippen LogP contribution in [0, 0.1) is 6.92 Å². The van der Waals surface area contributed by atoms with Gasteiger partial charge in [-0.05, 0) is 19.5 Å². The quantitative estimate of drug-likeness (QED) is 0.761. The van der Waals surface area contributed by atoms with Gasteiger partial charge in [-0.15, -0.1) is 11.3 Å². The summed E-state index contributed by atoms with van der Waals surface area (Å²) in [7, 11) is 1.68. The molecule has 2 aromatic rings. The Morgan fingerprint density at radius 1 is 1.29 bits per heavy atom. The molecule has 1 N–H and O–H groups in total. The third-order valence-electron chi connectivity index (χ3n) is 3.12. The van der Waals surface area contributed by atoms with E-state index in [0.29, 0.717) is 13.2 Å². The van der Waals surface area contributed by atoms with Crippen LogP contribution in [0.3, 0.4) is 0 Å². The normalized spacial score (nSPS) is 12.3.